The summed E-state index contributed by atoms with van der Waals surface area (Å²) in [5.41, 5.74) is 7.82. The molecule has 1 aromatic carbocycles. The van der Waals surface area contributed by atoms with E-state index in [0.717, 1.165) is 16.9 Å². The van der Waals surface area contributed by atoms with E-state index in [-0.39, 0.29) is 12.6 Å². The summed E-state index contributed by atoms with van der Waals surface area (Å²) >= 11 is 5.95. The summed E-state index contributed by atoms with van der Waals surface area (Å²) in [6, 6.07) is 3.37. The van der Waals surface area contributed by atoms with Crippen molar-refractivity contribution >= 4 is 11.6 Å². The van der Waals surface area contributed by atoms with Crippen LogP contribution in [0.2, 0.25) is 5.02 Å². The van der Waals surface area contributed by atoms with Crippen LogP contribution in [-0.4, -0.2) is 18.8 Å². The van der Waals surface area contributed by atoms with E-state index in [1.54, 1.807) is 13.2 Å². The van der Waals surface area contributed by atoms with Crippen LogP contribution in [0.3, 0.4) is 0 Å². The number of ether oxygens (including phenoxy) is 1. The van der Waals surface area contributed by atoms with Crippen molar-refractivity contribution in [3.63, 3.8) is 0 Å². The lowest BCUT2D eigenvalue weighted by Crippen LogP contribution is -2.13. The van der Waals surface area contributed by atoms with E-state index in [1.807, 2.05) is 13.0 Å². The fourth-order valence-corrected chi connectivity index (χ4v) is 1.78. The minimum absolute atomic E-state index is 0.0649. The van der Waals surface area contributed by atoms with Crippen molar-refractivity contribution in [1.29, 1.82) is 0 Å². The first-order valence-electron chi connectivity index (χ1n) is 4.80. The highest BCUT2D eigenvalue weighted by Gasteiger charge is 2.13. The molecule has 1 unspecified atom stereocenters. The maximum Gasteiger partial charge on any atom is 0.123 e. The highest BCUT2D eigenvalue weighted by Crippen LogP contribution is 2.30. The number of aliphatic hydroxyl groups is 1. The van der Waals surface area contributed by atoms with Crippen LogP contribution >= 0.6 is 11.6 Å². The van der Waals surface area contributed by atoms with E-state index in [0.29, 0.717) is 11.4 Å². The molecule has 4 heteroatoms. The molecule has 1 aromatic rings. The van der Waals surface area contributed by atoms with Crippen LogP contribution in [0.1, 0.15) is 23.6 Å². The van der Waals surface area contributed by atoms with Gasteiger partial charge in [-0.05, 0) is 36.6 Å². The average Bonchev–Trinajstić information content (AvgIpc) is 2.21. The number of hydrogen-bond donors (Lipinski definition) is 2. The Morgan fingerprint density at radius 3 is 2.73 bits per heavy atom. The molecule has 0 amide bonds. The van der Waals surface area contributed by atoms with Gasteiger partial charge in [-0.1, -0.05) is 11.6 Å². The lowest BCUT2D eigenvalue weighted by Gasteiger charge is -2.16. The van der Waals surface area contributed by atoms with Crippen molar-refractivity contribution < 1.29 is 9.84 Å². The number of benzene rings is 1. The van der Waals surface area contributed by atoms with Gasteiger partial charge in [-0.15, -0.1) is 0 Å². The second-order valence-corrected chi connectivity index (χ2v) is 3.88. The predicted octanol–water partition coefficient (Wildman–Crippen LogP) is 2.04. The summed E-state index contributed by atoms with van der Waals surface area (Å²) in [7, 11) is 1.60. The van der Waals surface area contributed by atoms with Crippen molar-refractivity contribution in [2.24, 2.45) is 5.73 Å². The van der Waals surface area contributed by atoms with E-state index in [4.69, 9.17) is 27.2 Å². The number of aliphatic hydroxyl groups excluding tert-OH is 1. The fourth-order valence-electron chi connectivity index (χ4n) is 1.57. The van der Waals surface area contributed by atoms with Crippen molar-refractivity contribution in [2.45, 2.75) is 19.4 Å². The molecule has 0 bridgehead atoms. The quantitative estimate of drug-likeness (QED) is 0.831. The zero-order chi connectivity index (χ0) is 11.4. The van der Waals surface area contributed by atoms with Crippen molar-refractivity contribution in [1.82, 2.24) is 0 Å². The van der Waals surface area contributed by atoms with Gasteiger partial charge >= 0.3 is 0 Å². The first-order valence-corrected chi connectivity index (χ1v) is 5.18. The van der Waals surface area contributed by atoms with Gasteiger partial charge in [0.15, 0.2) is 0 Å². The SMILES string of the molecule is COc1cc(Cl)cc(C(N)CCO)c1C. The lowest BCUT2D eigenvalue weighted by atomic mass is 9.99. The Bertz CT molecular complexity index is 342. The smallest absolute Gasteiger partial charge is 0.123 e. The molecule has 0 spiro atoms. The van der Waals surface area contributed by atoms with E-state index in [2.05, 4.69) is 0 Å². The predicted molar refractivity (Wildman–Crippen MR) is 61.4 cm³/mol. The first-order chi connectivity index (χ1) is 7.10. The summed E-state index contributed by atoms with van der Waals surface area (Å²) in [5.74, 6) is 0.728. The number of halogens is 1. The molecule has 0 aromatic heterocycles. The summed E-state index contributed by atoms with van der Waals surface area (Å²) in [6.45, 7) is 2.00. The molecule has 1 rings (SSSR count). The van der Waals surface area contributed by atoms with Crippen molar-refractivity contribution in [2.75, 3.05) is 13.7 Å². The van der Waals surface area contributed by atoms with E-state index >= 15 is 0 Å². The zero-order valence-electron chi connectivity index (χ0n) is 8.96. The number of hydrogen-bond acceptors (Lipinski definition) is 3. The number of rotatable bonds is 4. The van der Waals surface area contributed by atoms with Gasteiger partial charge in [0.05, 0.1) is 7.11 Å². The van der Waals surface area contributed by atoms with Crippen LogP contribution < -0.4 is 10.5 Å². The zero-order valence-corrected chi connectivity index (χ0v) is 9.71. The Kier molecular flexibility index (Phi) is 4.39. The van der Waals surface area contributed by atoms with E-state index < -0.39 is 0 Å². The number of methoxy groups -OCH3 is 1. The topological polar surface area (TPSA) is 55.5 Å². The van der Waals surface area contributed by atoms with Gasteiger partial charge in [0.2, 0.25) is 0 Å². The Morgan fingerprint density at radius 1 is 1.53 bits per heavy atom. The third-order valence-corrected chi connectivity index (χ3v) is 2.64. The Balaban J connectivity index is 3.11. The normalized spacial score (nSPS) is 12.6. The molecule has 0 saturated heterocycles. The van der Waals surface area contributed by atoms with Gasteiger partial charge in [0.1, 0.15) is 5.75 Å². The van der Waals surface area contributed by atoms with Crippen LogP contribution in [0.15, 0.2) is 12.1 Å². The Hall–Kier alpha value is -0.770. The van der Waals surface area contributed by atoms with Crippen LogP contribution in [0.5, 0.6) is 5.75 Å². The average molecular weight is 230 g/mol. The molecule has 1 atom stereocenters. The Morgan fingerprint density at radius 2 is 2.20 bits per heavy atom. The third-order valence-electron chi connectivity index (χ3n) is 2.42. The molecule has 0 saturated carbocycles. The van der Waals surface area contributed by atoms with Gasteiger partial charge in [0.25, 0.3) is 0 Å². The first kappa shape index (κ1) is 12.3. The molecular formula is C11H16ClNO2. The molecule has 3 N–H and O–H groups in total. The molecular weight excluding hydrogens is 214 g/mol. The van der Waals surface area contributed by atoms with Crippen molar-refractivity contribution in [3.05, 3.63) is 28.3 Å². The van der Waals surface area contributed by atoms with Gasteiger partial charge < -0.3 is 15.6 Å². The largest absolute Gasteiger partial charge is 0.496 e. The molecule has 84 valence electrons. The van der Waals surface area contributed by atoms with Gasteiger partial charge in [0, 0.05) is 17.7 Å². The highest BCUT2D eigenvalue weighted by atomic mass is 35.5. The Labute approximate surface area is 94.8 Å². The summed E-state index contributed by atoms with van der Waals surface area (Å²) in [6.07, 6.45) is 0.518. The summed E-state index contributed by atoms with van der Waals surface area (Å²) in [4.78, 5) is 0. The van der Waals surface area contributed by atoms with Gasteiger partial charge in [-0.25, -0.2) is 0 Å². The second-order valence-electron chi connectivity index (χ2n) is 3.44. The molecule has 0 radical (unpaired) electrons. The van der Waals surface area contributed by atoms with Gasteiger partial charge in [-0.2, -0.15) is 0 Å². The minimum atomic E-state index is -0.206. The fraction of sp³-hybridized carbons (Fsp3) is 0.455. The monoisotopic (exact) mass is 229 g/mol. The molecule has 0 fully saturated rings. The summed E-state index contributed by atoms with van der Waals surface area (Å²) < 4.78 is 5.19. The van der Waals surface area contributed by atoms with Crippen LogP contribution in [0, 0.1) is 6.92 Å². The maximum atomic E-state index is 8.84. The lowest BCUT2D eigenvalue weighted by molar-refractivity contribution is 0.276. The van der Waals surface area contributed by atoms with Crippen LogP contribution in [-0.2, 0) is 0 Å². The third kappa shape index (κ3) is 2.84. The van der Waals surface area contributed by atoms with E-state index in [1.165, 1.54) is 0 Å². The summed E-state index contributed by atoms with van der Waals surface area (Å²) in [5, 5.41) is 9.44. The highest BCUT2D eigenvalue weighted by molar-refractivity contribution is 6.30. The molecule has 0 aliphatic carbocycles. The molecule has 0 heterocycles. The minimum Gasteiger partial charge on any atom is -0.496 e. The van der Waals surface area contributed by atoms with Crippen LogP contribution in [0.4, 0.5) is 0 Å². The van der Waals surface area contributed by atoms with Gasteiger partial charge in [-0.3, -0.25) is 0 Å². The van der Waals surface area contributed by atoms with Crippen molar-refractivity contribution in [3.8, 4) is 5.75 Å². The molecule has 0 aliphatic rings. The van der Waals surface area contributed by atoms with E-state index in [9.17, 15) is 0 Å². The standard InChI is InChI=1S/C11H16ClNO2/c1-7-9(10(13)3-4-14)5-8(12)6-11(7)15-2/h5-6,10,14H,3-4,13H2,1-2H3. The molecule has 0 aliphatic heterocycles. The molecule has 3 nitrogen and oxygen atoms in total. The van der Waals surface area contributed by atoms with Crippen LogP contribution in [0.25, 0.3) is 0 Å². The maximum absolute atomic E-state index is 8.84. The second kappa shape index (κ2) is 5.35. The molecule has 15 heavy (non-hydrogen) atoms. The number of nitrogens with two attached hydrogens (primary N) is 1.